The van der Waals surface area contributed by atoms with Gasteiger partial charge >= 0.3 is 6.18 Å². The molecule has 0 aliphatic carbocycles. The summed E-state index contributed by atoms with van der Waals surface area (Å²) in [5, 5.41) is 18.1. The molecule has 2 rings (SSSR count). The van der Waals surface area contributed by atoms with Crippen molar-refractivity contribution < 1.29 is 18.3 Å². The van der Waals surface area contributed by atoms with E-state index in [9.17, 15) is 18.3 Å². The van der Waals surface area contributed by atoms with Crippen LogP contribution in [0.5, 0.6) is 5.75 Å². The molecular formula is C11H5F3N2O. The predicted octanol–water partition coefficient (Wildman–Crippen LogP) is 2.83. The maximum absolute atomic E-state index is 12.4. The molecule has 0 unspecified atom stereocenters. The molecule has 0 bridgehead atoms. The van der Waals surface area contributed by atoms with Gasteiger partial charge in [-0.1, -0.05) is 0 Å². The summed E-state index contributed by atoms with van der Waals surface area (Å²) in [7, 11) is 0. The van der Waals surface area contributed by atoms with Gasteiger partial charge in [0.25, 0.3) is 0 Å². The van der Waals surface area contributed by atoms with Crippen LogP contribution in [0, 0.1) is 11.3 Å². The molecule has 3 nitrogen and oxygen atoms in total. The first-order chi connectivity index (χ1) is 7.91. The highest BCUT2D eigenvalue weighted by molar-refractivity contribution is 5.86. The Morgan fingerprint density at radius 1 is 1.24 bits per heavy atom. The highest BCUT2D eigenvalue weighted by Gasteiger charge is 2.30. The Hall–Kier alpha value is -2.29. The van der Waals surface area contributed by atoms with Crippen LogP contribution in [0.4, 0.5) is 13.2 Å². The number of rotatable bonds is 0. The van der Waals surface area contributed by atoms with Crippen molar-refractivity contribution in [3.05, 3.63) is 35.5 Å². The third-order valence-electron chi connectivity index (χ3n) is 2.23. The molecule has 1 aromatic heterocycles. The summed E-state index contributed by atoms with van der Waals surface area (Å²) < 4.78 is 37.3. The van der Waals surface area contributed by atoms with Crippen molar-refractivity contribution in [2.24, 2.45) is 0 Å². The van der Waals surface area contributed by atoms with Crippen LogP contribution in [0.2, 0.25) is 0 Å². The van der Waals surface area contributed by atoms with E-state index in [1.807, 2.05) is 0 Å². The summed E-state index contributed by atoms with van der Waals surface area (Å²) in [4.78, 5) is 3.79. The number of nitriles is 1. The average Bonchev–Trinajstić information content (AvgIpc) is 2.27. The minimum atomic E-state index is -4.48. The fourth-order valence-electron chi connectivity index (χ4n) is 1.44. The SMILES string of the molecule is N#Cc1cc(O)c2cc(C(F)(F)F)ccc2n1. The Morgan fingerprint density at radius 3 is 2.53 bits per heavy atom. The minimum absolute atomic E-state index is 0.0289. The van der Waals surface area contributed by atoms with Gasteiger partial charge in [-0.05, 0) is 18.2 Å². The van der Waals surface area contributed by atoms with Gasteiger partial charge in [0.2, 0.25) is 0 Å². The molecule has 0 saturated heterocycles. The van der Waals surface area contributed by atoms with E-state index in [0.29, 0.717) is 0 Å². The van der Waals surface area contributed by atoms with Gasteiger partial charge in [0, 0.05) is 11.5 Å². The van der Waals surface area contributed by atoms with Crippen molar-refractivity contribution in [1.29, 1.82) is 5.26 Å². The van der Waals surface area contributed by atoms with Crippen molar-refractivity contribution in [3.8, 4) is 11.8 Å². The van der Waals surface area contributed by atoms with E-state index in [1.54, 1.807) is 6.07 Å². The van der Waals surface area contributed by atoms with Crippen molar-refractivity contribution in [2.75, 3.05) is 0 Å². The summed E-state index contributed by atoms with van der Waals surface area (Å²) in [6, 6.07) is 5.53. The zero-order valence-corrected chi connectivity index (χ0v) is 8.28. The zero-order valence-electron chi connectivity index (χ0n) is 8.28. The molecule has 0 radical (unpaired) electrons. The van der Waals surface area contributed by atoms with E-state index < -0.39 is 17.5 Å². The van der Waals surface area contributed by atoms with Gasteiger partial charge in [-0.25, -0.2) is 4.98 Å². The number of hydrogen-bond acceptors (Lipinski definition) is 3. The second-order valence-corrected chi connectivity index (χ2v) is 3.37. The summed E-state index contributed by atoms with van der Waals surface area (Å²) in [6.07, 6.45) is -4.48. The van der Waals surface area contributed by atoms with Crippen molar-refractivity contribution in [3.63, 3.8) is 0 Å². The van der Waals surface area contributed by atoms with Gasteiger partial charge in [-0.15, -0.1) is 0 Å². The Labute approximate surface area is 93.7 Å². The smallest absolute Gasteiger partial charge is 0.416 e. The van der Waals surface area contributed by atoms with Gasteiger partial charge in [0.15, 0.2) is 0 Å². The lowest BCUT2D eigenvalue weighted by molar-refractivity contribution is -0.137. The number of aromatic hydroxyl groups is 1. The average molecular weight is 238 g/mol. The summed E-state index contributed by atoms with van der Waals surface area (Å²) in [5.41, 5.74) is -0.767. The molecule has 0 aliphatic rings. The molecule has 86 valence electrons. The van der Waals surface area contributed by atoms with Gasteiger partial charge in [-0.2, -0.15) is 18.4 Å². The quantitative estimate of drug-likeness (QED) is 0.767. The van der Waals surface area contributed by atoms with E-state index >= 15 is 0 Å². The van der Waals surface area contributed by atoms with Crippen molar-refractivity contribution >= 4 is 10.9 Å². The zero-order chi connectivity index (χ0) is 12.6. The van der Waals surface area contributed by atoms with E-state index in [1.165, 1.54) is 0 Å². The second kappa shape index (κ2) is 3.63. The summed E-state index contributed by atoms with van der Waals surface area (Å²) in [5.74, 6) is -0.391. The highest BCUT2D eigenvalue weighted by Crippen LogP contribution is 2.33. The Balaban J connectivity index is 2.72. The van der Waals surface area contributed by atoms with Crippen LogP contribution in [-0.4, -0.2) is 10.1 Å². The number of pyridine rings is 1. The lowest BCUT2D eigenvalue weighted by atomic mass is 10.1. The molecule has 1 heterocycles. The Bertz CT molecular complexity index is 629. The van der Waals surface area contributed by atoms with Crippen molar-refractivity contribution in [1.82, 2.24) is 4.98 Å². The molecular weight excluding hydrogens is 233 g/mol. The molecule has 0 aliphatic heterocycles. The second-order valence-electron chi connectivity index (χ2n) is 3.37. The van der Waals surface area contributed by atoms with Crippen LogP contribution >= 0.6 is 0 Å². The molecule has 6 heteroatoms. The standard InChI is InChI=1S/C11H5F3N2O/c12-11(13,14)6-1-2-9-8(3-6)10(17)4-7(5-15)16-9/h1-4H,(H,16,17). The van der Waals surface area contributed by atoms with Crippen molar-refractivity contribution in [2.45, 2.75) is 6.18 Å². The fraction of sp³-hybridized carbons (Fsp3) is 0.0909. The van der Waals surface area contributed by atoms with Gasteiger partial charge in [-0.3, -0.25) is 0 Å². The first-order valence-corrected chi connectivity index (χ1v) is 4.53. The highest BCUT2D eigenvalue weighted by atomic mass is 19.4. The number of nitrogens with zero attached hydrogens (tertiary/aromatic N) is 2. The monoisotopic (exact) mass is 238 g/mol. The third kappa shape index (κ3) is 1.99. The van der Waals surface area contributed by atoms with E-state index in [0.717, 1.165) is 24.3 Å². The maximum Gasteiger partial charge on any atom is 0.416 e. The normalized spacial score (nSPS) is 11.4. The van der Waals surface area contributed by atoms with Gasteiger partial charge in [0.1, 0.15) is 17.5 Å². The topological polar surface area (TPSA) is 56.9 Å². The summed E-state index contributed by atoms with van der Waals surface area (Å²) in [6.45, 7) is 0. The summed E-state index contributed by atoms with van der Waals surface area (Å²) >= 11 is 0. The fourth-order valence-corrected chi connectivity index (χ4v) is 1.44. The van der Waals surface area contributed by atoms with Crippen LogP contribution in [-0.2, 0) is 6.18 Å². The third-order valence-corrected chi connectivity index (χ3v) is 2.23. The predicted molar refractivity (Wildman–Crippen MR) is 53.1 cm³/mol. The lowest BCUT2D eigenvalue weighted by Gasteiger charge is -2.08. The molecule has 0 fully saturated rings. The largest absolute Gasteiger partial charge is 0.507 e. The lowest BCUT2D eigenvalue weighted by Crippen LogP contribution is -2.04. The number of benzene rings is 1. The maximum atomic E-state index is 12.4. The minimum Gasteiger partial charge on any atom is -0.507 e. The molecule has 0 atom stereocenters. The molecule has 2 aromatic rings. The molecule has 0 spiro atoms. The van der Waals surface area contributed by atoms with Crippen LogP contribution < -0.4 is 0 Å². The first kappa shape index (κ1) is 11.2. The molecule has 1 N–H and O–H groups in total. The van der Waals surface area contributed by atoms with Crippen LogP contribution in [0.25, 0.3) is 10.9 Å². The van der Waals surface area contributed by atoms with Gasteiger partial charge < -0.3 is 5.11 Å². The molecule has 0 saturated carbocycles. The number of aromatic nitrogens is 1. The van der Waals surface area contributed by atoms with Crippen LogP contribution in [0.1, 0.15) is 11.3 Å². The number of hydrogen-bond donors (Lipinski definition) is 1. The number of alkyl halides is 3. The van der Waals surface area contributed by atoms with E-state index in [2.05, 4.69) is 4.98 Å². The number of fused-ring (bicyclic) bond motifs is 1. The van der Waals surface area contributed by atoms with E-state index in [-0.39, 0.29) is 16.6 Å². The van der Waals surface area contributed by atoms with E-state index in [4.69, 9.17) is 5.26 Å². The van der Waals surface area contributed by atoms with Crippen LogP contribution in [0.15, 0.2) is 24.3 Å². The van der Waals surface area contributed by atoms with Gasteiger partial charge in [0.05, 0.1) is 11.1 Å². The number of halogens is 3. The molecule has 1 aromatic carbocycles. The molecule has 0 amide bonds. The Morgan fingerprint density at radius 2 is 1.94 bits per heavy atom. The first-order valence-electron chi connectivity index (χ1n) is 4.53. The molecule has 17 heavy (non-hydrogen) atoms. The Kier molecular flexibility index (Phi) is 2.39. The van der Waals surface area contributed by atoms with Crippen LogP contribution in [0.3, 0.4) is 0 Å².